The van der Waals surface area contributed by atoms with Gasteiger partial charge in [-0.05, 0) is 48.5 Å². The Morgan fingerprint density at radius 3 is 2.14 bits per heavy atom. The number of carbonyl (C=O) groups is 2. The molecule has 0 saturated carbocycles. The van der Waals surface area contributed by atoms with Crippen molar-refractivity contribution in [2.75, 3.05) is 15.2 Å². The van der Waals surface area contributed by atoms with E-state index in [9.17, 15) is 14.4 Å². The Hall–Kier alpha value is -6.29. The highest BCUT2D eigenvalue weighted by atomic mass is 16.4. The van der Waals surface area contributed by atoms with E-state index < -0.39 is 17.4 Å². The average Bonchev–Trinajstić information content (AvgIpc) is 3.63. The minimum Gasteiger partial charge on any atom is -0.422 e. The highest BCUT2D eigenvalue weighted by molar-refractivity contribution is 6.48. The molecule has 2 aliphatic heterocycles. The summed E-state index contributed by atoms with van der Waals surface area (Å²) in [6.07, 6.45) is 1.43. The van der Waals surface area contributed by atoms with Crippen molar-refractivity contribution in [3.63, 3.8) is 0 Å². The molecule has 0 radical (unpaired) electrons. The van der Waals surface area contributed by atoms with E-state index in [0.717, 1.165) is 5.39 Å². The molecule has 0 spiro atoms. The number of amides is 2. The summed E-state index contributed by atoms with van der Waals surface area (Å²) in [6.45, 7) is -0.0990. The van der Waals surface area contributed by atoms with Crippen molar-refractivity contribution in [3.8, 4) is 0 Å². The summed E-state index contributed by atoms with van der Waals surface area (Å²) in [5.41, 5.74) is 2.23. The summed E-state index contributed by atoms with van der Waals surface area (Å²) in [6, 6.07) is 36.4. The summed E-state index contributed by atoms with van der Waals surface area (Å²) < 4.78 is 5.47. The summed E-state index contributed by atoms with van der Waals surface area (Å²) in [5, 5.41) is 15.5. The summed E-state index contributed by atoms with van der Waals surface area (Å²) >= 11 is 0. The molecule has 0 bridgehead atoms. The highest BCUT2D eigenvalue weighted by Crippen LogP contribution is 2.35. The summed E-state index contributed by atoms with van der Waals surface area (Å²) in [4.78, 5) is 42.2. The Bertz CT molecular complexity index is 2040. The fourth-order valence-electron chi connectivity index (χ4n) is 5.06. The number of amidine groups is 1. The second kappa shape index (κ2) is 11.2. The molecule has 2 aliphatic rings. The van der Waals surface area contributed by atoms with Crippen LogP contribution < -0.4 is 20.9 Å². The first-order chi connectivity index (χ1) is 21.6. The Morgan fingerprint density at radius 2 is 1.41 bits per heavy atom. The first-order valence-electron chi connectivity index (χ1n) is 13.8. The zero-order valence-corrected chi connectivity index (χ0v) is 23.2. The molecule has 5 aromatic rings. The second-order valence-electron chi connectivity index (χ2n) is 10.0. The third-order valence-corrected chi connectivity index (χ3v) is 7.13. The molecular weight excluding hydrogens is 556 g/mol. The van der Waals surface area contributed by atoms with E-state index in [-0.39, 0.29) is 23.5 Å². The Kier molecular flexibility index (Phi) is 6.76. The largest absolute Gasteiger partial charge is 0.422 e. The van der Waals surface area contributed by atoms with Crippen LogP contribution in [0.2, 0.25) is 0 Å². The maximum Gasteiger partial charge on any atom is 0.341 e. The molecule has 3 heterocycles. The number of rotatable bonds is 6. The number of benzene rings is 4. The van der Waals surface area contributed by atoms with Gasteiger partial charge in [0.05, 0.1) is 24.0 Å². The van der Waals surface area contributed by atoms with Gasteiger partial charge >= 0.3 is 5.63 Å². The lowest BCUT2D eigenvalue weighted by Crippen LogP contribution is -2.38. The van der Waals surface area contributed by atoms with Crippen molar-refractivity contribution >= 4 is 51.9 Å². The second-order valence-corrected chi connectivity index (χ2v) is 10.0. The minimum absolute atomic E-state index is 0.0567. The maximum absolute atomic E-state index is 14.0. The fraction of sp³-hybridized carbons (Fsp3) is 0.0294. The van der Waals surface area contributed by atoms with Crippen LogP contribution in [0.3, 0.4) is 0 Å². The van der Waals surface area contributed by atoms with Gasteiger partial charge in [-0.15, -0.1) is 5.10 Å². The number of hydrogen-bond donors (Lipinski definition) is 1. The molecule has 1 aromatic heterocycles. The highest BCUT2D eigenvalue weighted by Gasteiger charge is 2.41. The van der Waals surface area contributed by atoms with E-state index >= 15 is 0 Å². The molecule has 0 aliphatic carbocycles. The lowest BCUT2D eigenvalue weighted by atomic mass is 10.1. The lowest BCUT2D eigenvalue weighted by molar-refractivity contribution is -0.126. The molecule has 214 valence electrons. The van der Waals surface area contributed by atoms with Crippen LogP contribution in [0.1, 0.15) is 5.56 Å². The van der Waals surface area contributed by atoms with Crippen LogP contribution in [0.15, 0.2) is 152 Å². The van der Waals surface area contributed by atoms with Crippen molar-refractivity contribution in [2.24, 2.45) is 10.2 Å². The Balaban J connectivity index is 1.31. The van der Waals surface area contributed by atoms with E-state index in [4.69, 9.17) is 9.52 Å². The smallest absolute Gasteiger partial charge is 0.341 e. The monoisotopic (exact) mass is 580 g/mol. The third kappa shape index (κ3) is 4.90. The van der Waals surface area contributed by atoms with Gasteiger partial charge in [-0.2, -0.15) is 5.10 Å². The SMILES string of the molecule is O=C(Nc1ccccc1)C1=NN(c2ccccc2)/C(=C2/C=NN(Cc3cc4ccccc4oc3=O)C2=O)N1c1ccccc1. The van der Waals surface area contributed by atoms with Gasteiger partial charge in [0.2, 0.25) is 5.84 Å². The number of fused-ring (bicyclic) bond motifs is 1. The van der Waals surface area contributed by atoms with Crippen LogP contribution in [0.25, 0.3) is 11.0 Å². The van der Waals surface area contributed by atoms with Crippen molar-refractivity contribution in [2.45, 2.75) is 6.54 Å². The number of hydrogen-bond acceptors (Lipinski definition) is 8. The van der Waals surface area contributed by atoms with E-state index in [1.165, 1.54) is 11.2 Å². The normalized spacial score (nSPS) is 16.1. The Labute approximate surface area is 251 Å². The predicted octanol–water partition coefficient (Wildman–Crippen LogP) is 5.31. The minimum atomic E-state index is -0.548. The number of nitrogens with zero attached hydrogens (tertiary/aromatic N) is 5. The third-order valence-electron chi connectivity index (χ3n) is 7.13. The van der Waals surface area contributed by atoms with Gasteiger partial charge in [-0.1, -0.05) is 72.8 Å². The van der Waals surface area contributed by atoms with Crippen LogP contribution in [-0.4, -0.2) is 28.9 Å². The van der Waals surface area contributed by atoms with E-state index in [0.29, 0.717) is 28.5 Å². The topological polar surface area (TPSA) is 111 Å². The molecular formula is C34H24N6O4. The van der Waals surface area contributed by atoms with Crippen molar-refractivity contribution in [1.29, 1.82) is 0 Å². The van der Waals surface area contributed by atoms with Gasteiger partial charge in [0, 0.05) is 16.8 Å². The maximum atomic E-state index is 14.0. The van der Waals surface area contributed by atoms with E-state index in [1.807, 2.05) is 91.0 Å². The van der Waals surface area contributed by atoms with Gasteiger partial charge in [0.15, 0.2) is 5.82 Å². The van der Waals surface area contributed by atoms with Crippen molar-refractivity contribution < 1.29 is 14.0 Å². The number of hydrazone groups is 2. The number of nitrogens with one attached hydrogen (secondary N) is 1. The van der Waals surface area contributed by atoms with Gasteiger partial charge in [-0.25, -0.2) is 14.8 Å². The van der Waals surface area contributed by atoms with Crippen molar-refractivity contribution in [3.05, 3.63) is 149 Å². The molecule has 2 amide bonds. The Morgan fingerprint density at radius 1 is 0.773 bits per heavy atom. The predicted molar refractivity (Wildman–Crippen MR) is 169 cm³/mol. The van der Waals surface area contributed by atoms with E-state index in [2.05, 4.69) is 10.4 Å². The van der Waals surface area contributed by atoms with Crippen molar-refractivity contribution in [1.82, 2.24) is 5.01 Å². The van der Waals surface area contributed by atoms with Gasteiger partial charge < -0.3 is 9.73 Å². The first kappa shape index (κ1) is 26.6. The molecule has 0 atom stereocenters. The number of para-hydroxylation sites is 4. The van der Waals surface area contributed by atoms with Crippen LogP contribution >= 0.6 is 0 Å². The molecule has 0 saturated heterocycles. The average molecular weight is 581 g/mol. The summed E-state index contributed by atoms with van der Waals surface area (Å²) in [5.74, 6) is -0.553. The molecule has 10 nitrogen and oxygen atoms in total. The molecule has 44 heavy (non-hydrogen) atoms. The molecule has 0 fully saturated rings. The number of anilines is 3. The summed E-state index contributed by atoms with van der Waals surface area (Å²) in [7, 11) is 0. The fourth-order valence-corrected chi connectivity index (χ4v) is 5.06. The standard InChI is InChI=1S/C34H24N6O4/c41-31(36-25-13-4-1-5-14-25)30-37-40(27-17-8-3-9-18-27)32(39(30)26-15-6-2-7-16-26)28-21-35-38(33(28)42)22-24-20-23-12-10-11-19-29(23)44-34(24)43/h1-21H,22H2,(H,36,41)/b32-28-. The molecule has 7 rings (SSSR count). The van der Waals surface area contributed by atoms with Crippen LogP contribution in [0.5, 0.6) is 0 Å². The van der Waals surface area contributed by atoms with Crippen LogP contribution in [0.4, 0.5) is 17.1 Å². The molecule has 1 N–H and O–H groups in total. The van der Waals surface area contributed by atoms with Gasteiger partial charge in [-0.3, -0.25) is 14.5 Å². The van der Waals surface area contributed by atoms with Gasteiger partial charge in [0.25, 0.3) is 11.8 Å². The zero-order valence-electron chi connectivity index (χ0n) is 23.2. The molecule has 10 heteroatoms. The first-order valence-corrected chi connectivity index (χ1v) is 13.8. The molecule has 0 unspecified atom stereocenters. The molecule has 4 aromatic carbocycles. The van der Waals surface area contributed by atoms with Crippen LogP contribution in [-0.2, 0) is 16.1 Å². The quantitative estimate of drug-likeness (QED) is 0.215. The number of carbonyl (C=O) groups excluding carboxylic acids is 2. The zero-order chi connectivity index (χ0) is 30.0. The van der Waals surface area contributed by atoms with Crippen LogP contribution in [0, 0.1) is 0 Å². The lowest BCUT2D eigenvalue weighted by Gasteiger charge is -2.25. The van der Waals surface area contributed by atoms with Gasteiger partial charge in [0.1, 0.15) is 11.2 Å². The van der Waals surface area contributed by atoms with E-state index in [1.54, 1.807) is 40.2 Å².